The minimum Gasteiger partial charge on any atom is -0.497 e. The molecule has 10 heteroatoms. The monoisotopic (exact) mass is 551 g/mol. The number of unbranched alkanes of at least 4 members (excludes halogenated alkanes) is 1. The lowest BCUT2D eigenvalue weighted by molar-refractivity contribution is 0.368. The fraction of sp³-hybridized carbons (Fsp3) is 0.276. The van der Waals surface area contributed by atoms with Crippen molar-refractivity contribution in [2.45, 2.75) is 55.9 Å². The molecular formula is C29H30FN3O5S. The second kappa shape index (κ2) is 11.4. The van der Waals surface area contributed by atoms with Gasteiger partial charge in [0.25, 0.3) is 5.56 Å². The lowest BCUT2D eigenvalue weighted by Crippen LogP contribution is -2.27. The van der Waals surface area contributed by atoms with Crippen molar-refractivity contribution in [3.8, 4) is 22.8 Å². The van der Waals surface area contributed by atoms with E-state index in [1.807, 2.05) is 19.1 Å². The molecule has 2 aromatic carbocycles. The third-order valence-corrected chi connectivity index (χ3v) is 8.46. The standard InChI is InChI=1S/C29H30FN3O5S/c1-5-6-7-26-32-28(34)27(29(35)33(26)19(3)20-8-12-22(38-4)13-9-20)39(36,37)23-14-10-21(11-15-23)24-16-17-25(30)31-18(24)2/h8-17,19,35H,5-7H2,1-4H3. The van der Waals surface area contributed by atoms with Gasteiger partial charge in [0.15, 0.2) is 4.90 Å². The molecule has 2 aromatic heterocycles. The Morgan fingerprint density at radius 1 is 1.03 bits per heavy atom. The van der Waals surface area contributed by atoms with Gasteiger partial charge in [-0.05, 0) is 67.8 Å². The van der Waals surface area contributed by atoms with E-state index in [2.05, 4.69) is 9.97 Å². The van der Waals surface area contributed by atoms with Gasteiger partial charge < -0.3 is 9.84 Å². The molecule has 0 aliphatic heterocycles. The van der Waals surface area contributed by atoms with Gasteiger partial charge in [-0.3, -0.25) is 9.36 Å². The highest BCUT2D eigenvalue weighted by atomic mass is 32.2. The Bertz CT molecular complexity index is 1650. The predicted molar refractivity (Wildman–Crippen MR) is 145 cm³/mol. The lowest BCUT2D eigenvalue weighted by atomic mass is 10.1. The first-order valence-electron chi connectivity index (χ1n) is 12.6. The molecule has 1 atom stereocenters. The van der Waals surface area contributed by atoms with Crippen molar-refractivity contribution in [3.05, 3.63) is 94.0 Å². The number of sulfone groups is 1. The molecule has 0 aliphatic carbocycles. The van der Waals surface area contributed by atoms with E-state index in [4.69, 9.17) is 4.74 Å². The molecule has 0 fully saturated rings. The van der Waals surface area contributed by atoms with E-state index in [0.29, 0.717) is 41.2 Å². The normalized spacial score (nSPS) is 12.3. The minimum atomic E-state index is -4.44. The first-order valence-corrected chi connectivity index (χ1v) is 14.0. The molecule has 0 aliphatic rings. The van der Waals surface area contributed by atoms with Gasteiger partial charge in [-0.1, -0.05) is 37.6 Å². The van der Waals surface area contributed by atoms with Crippen LogP contribution in [-0.4, -0.2) is 35.2 Å². The van der Waals surface area contributed by atoms with Crippen molar-refractivity contribution in [1.82, 2.24) is 14.5 Å². The second-order valence-corrected chi connectivity index (χ2v) is 11.1. The van der Waals surface area contributed by atoms with E-state index in [9.17, 15) is 22.7 Å². The van der Waals surface area contributed by atoms with Crippen LogP contribution in [0.15, 0.2) is 75.2 Å². The largest absolute Gasteiger partial charge is 0.497 e. The van der Waals surface area contributed by atoms with Crippen LogP contribution in [0.1, 0.15) is 49.8 Å². The van der Waals surface area contributed by atoms with Gasteiger partial charge in [0.1, 0.15) is 11.6 Å². The molecular weight excluding hydrogens is 521 g/mol. The van der Waals surface area contributed by atoms with Crippen molar-refractivity contribution in [2.75, 3.05) is 7.11 Å². The number of hydrogen-bond donors (Lipinski definition) is 1. The highest BCUT2D eigenvalue weighted by molar-refractivity contribution is 7.91. The van der Waals surface area contributed by atoms with E-state index in [-0.39, 0.29) is 4.90 Å². The zero-order valence-electron chi connectivity index (χ0n) is 22.2. The van der Waals surface area contributed by atoms with Gasteiger partial charge in [-0.15, -0.1) is 0 Å². The summed E-state index contributed by atoms with van der Waals surface area (Å²) in [6.45, 7) is 5.44. The molecule has 8 nitrogen and oxygen atoms in total. The van der Waals surface area contributed by atoms with Crippen LogP contribution in [0.25, 0.3) is 11.1 Å². The lowest BCUT2D eigenvalue weighted by Gasteiger charge is -2.23. The Labute approximate surface area is 226 Å². The van der Waals surface area contributed by atoms with Crippen LogP contribution in [0.5, 0.6) is 11.6 Å². The van der Waals surface area contributed by atoms with E-state index < -0.39 is 38.2 Å². The van der Waals surface area contributed by atoms with E-state index in [1.165, 1.54) is 22.8 Å². The van der Waals surface area contributed by atoms with Crippen molar-refractivity contribution in [1.29, 1.82) is 0 Å². The third-order valence-electron chi connectivity index (χ3n) is 6.67. The van der Waals surface area contributed by atoms with Crippen LogP contribution in [0.2, 0.25) is 0 Å². The summed E-state index contributed by atoms with van der Waals surface area (Å²) in [5.74, 6) is -0.318. The number of aromatic hydroxyl groups is 1. The number of pyridine rings is 1. The number of hydrogen-bond acceptors (Lipinski definition) is 7. The van der Waals surface area contributed by atoms with Crippen molar-refractivity contribution >= 4 is 9.84 Å². The molecule has 39 heavy (non-hydrogen) atoms. The van der Waals surface area contributed by atoms with Crippen molar-refractivity contribution in [3.63, 3.8) is 0 Å². The quantitative estimate of drug-likeness (QED) is 0.283. The van der Waals surface area contributed by atoms with Crippen LogP contribution >= 0.6 is 0 Å². The zero-order chi connectivity index (χ0) is 28.3. The Kier molecular flexibility index (Phi) is 8.15. The first kappa shape index (κ1) is 28.0. The zero-order valence-corrected chi connectivity index (χ0v) is 23.0. The topological polar surface area (TPSA) is 111 Å². The molecule has 0 radical (unpaired) electrons. The van der Waals surface area contributed by atoms with Crippen LogP contribution in [-0.2, 0) is 16.3 Å². The molecule has 1 N–H and O–H groups in total. The molecule has 4 rings (SSSR count). The highest BCUT2D eigenvalue weighted by Crippen LogP contribution is 2.33. The number of methoxy groups -OCH3 is 1. The minimum absolute atomic E-state index is 0.182. The number of aryl methyl sites for hydroxylation is 2. The van der Waals surface area contributed by atoms with Crippen molar-refractivity contribution < 1.29 is 22.7 Å². The summed E-state index contributed by atoms with van der Waals surface area (Å²) in [6.07, 6.45) is 1.91. The molecule has 1 unspecified atom stereocenters. The maximum absolute atomic E-state index is 13.7. The first-order chi connectivity index (χ1) is 18.6. The average molecular weight is 552 g/mol. The molecule has 0 bridgehead atoms. The van der Waals surface area contributed by atoms with Gasteiger partial charge in [-0.2, -0.15) is 9.37 Å². The predicted octanol–water partition coefficient (Wildman–Crippen LogP) is 5.25. The molecule has 0 spiro atoms. The number of benzene rings is 2. The van der Waals surface area contributed by atoms with Crippen LogP contribution in [0.3, 0.4) is 0 Å². The third kappa shape index (κ3) is 5.56. The summed E-state index contributed by atoms with van der Waals surface area (Å²) in [5.41, 5.74) is 1.47. The van der Waals surface area contributed by atoms with Gasteiger partial charge in [0.05, 0.1) is 18.0 Å². The molecule has 0 saturated carbocycles. The number of nitrogens with zero attached hydrogens (tertiary/aromatic N) is 3. The summed E-state index contributed by atoms with van der Waals surface area (Å²) >= 11 is 0. The number of ether oxygens (including phenoxy) is 1. The fourth-order valence-electron chi connectivity index (χ4n) is 4.50. The summed E-state index contributed by atoms with van der Waals surface area (Å²) in [7, 11) is -2.89. The van der Waals surface area contributed by atoms with Crippen molar-refractivity contribution in [2.24, 2.45) is 0 Å². The summed E-state index contributed by atoms with van der Waals surface area (Å²) in [5, 5.41) is 11.3. The Morgan fingerprint density at radius 3 is 2.28 bits per heavy atom. The number of aromatic nitrogens is 3. The summed E-state index contributed by atoms with van der Waals surface area (Å²) < 4.78 is 47.4. The maximum Gasteiger partial charge on any atom is 0.296 e. The highest BCUT2D eigenvalue weighted by Gasteiger charge is 2.31. The van der Waals surface area contributed by atoms with E-state index >= 15 is 0 Å². The van der Waals surface area contributed by atoms with Crippen LogP contribution in [0, 0.1) is 12.9 Å². The molecule has 4 aromatic rings. The van der Waals surface area contributed by atoms with Gasteiger partial charge in [0, 0.05) is 17.7 Å². The Morgan fingerprint density at radius 2 is 1.69 bits per heavy atom. The number of halogens is 1. The van der Waals surface area contributed by atoms with Crippen LogP contribution < -0.4 is 10.3 Å². The smallest absolute Gasteiger partial charge is 0.296 e. The molecule has 0 saturated heterocycles. The molecule has 0 amide bonds. The van der Waals surface area contributed by atoms with E-state index in [0.717, 1.165) is 12.0 Å². The number of rotatable bonds is 9. The SMILES string of the molecule is CCCCc1nc(=O)c(S(=O)(=O)c2ccc(-c3ccc(F)nc3C)cc2)c(O)n1C(C)c1ccc(OC)cc1. The average Bonchev–Trinajstić information content (AvgIpc) is 2.91. The molecule has 2 heterocycles. The fourth-order valence-corrected chi connectivity index (χ4v) is 5.85. The summed E-state index contributed by atoms with van der Waals surface area (Å²) in [6, 6.07) is 15.2. The van der Waals surface area contributed by atoms with Gasteiger partial charge in [-0.25, -0.2) is 13.4 Å². The van der Waals surface area contributed by atoms with Gasteiger partial charge in [0.2, 0.25) is 21.7 Å². The van der Waals surface area contributed by atoms with Crippen LogP contribution in [0.4, 0.5) is 4.39 Å². The second-order valence-electron chi connectivity index (χ2n) is 9.20. The Balaban J connectivity index is 1.82. The van der Waals surface area contributed by atoms with E-state index in [1.54, 1.807) is 51.3 Å². The summed E-state index contributed by atoms with van der Waals surface area (Å²) in [4.78, 5) is 20.0. The maximum atomic E-state index is 13.7. The Hall–Kier alpha value is -4.05. The molecule has 204 valence electrons. The van der Waals surface area contributed by atoms with Gasteiger partial charge >= 0.3 is 0 Å².